The second-order valence-electron chi connectivity index (χ2n) is 7.87. The highest BCUT2D eigenvalue weighted by molar-refractivity contribution is 5.93. The maximum Gasteiger partial charge on any atom is 0.252 e. The van der Waals surface area contributed by atoms with Crippen molar-refractivity contribution in [2.24, 2.45) is 15.7 Å². The van der Waals surface area contributed by atoms with Gasteiger partial charge in [0.15, 0.2) is 0 Å². The molecule has 1 aliphatic heterocycles. The Morgan fingerprint density at radius 1 is 1.12 bits per heavy atom. The number of rotatable bonds is 5. The molecule has 0 bridgehead atoms. The van der Waals surface area contributed by atoms with Gasteiger partial charge in [-0.15, -0.1) is 4.91 Å². The lowest BCUT2D eigenvalue weighted by Gasteiger charge is -2.32. The summed E-state index contributed by atoms with van der Waals surface area (Å²) in [6, 6.07) is 18.0. The Morgan fingerprint density at radius 2 is 1.77 bits per heavy atom. The minimum Gasteiger partial charge on any atom is -0.267 e. The van der Waals surface area contributed by atoms with E-state index in [1.165, 1.54) is 0 Å². The molecule has 0 radical (unpaired) electrons. The van der Waals surface area contributed by atoms with E-state index >= 15 is 0 Å². The molecule has 5 heteroatoms. The number of aryl methyl sites for hydroxylation is 1. The van der Waals surface area contributed by atoms with E-state index in [0.717, 1.165) is 22.5 Å². The van der Waals surface area contributed by atoms with E-state index in [2.05, 4.69) is 31.3 Å². The summed E-state index contributed by atoms with van der Waals surface area (Å²) < 4.78 is 0. The molecule has 2 aromatic carbocycles. The molecule has 0 fully saturated rings. The van der Waals surface area contributed by atoms with Gasteiger partial charge in [-0.05, 0) is 29.8 Å². The standard InChI is InChI=1S/C21H26N4O/c1-16-10-12-18(13-11-16)25-21(24-26,14-19(23-25)20(2,3)4)22-15-17-8-6-5-7-9-17/h5-13,22H,14-15H2,1-4H3. The number of hydrogen-bond acceptors (Lipinski definition) is 5. The van der Waals surface area contributed by atoms with Crippen molar-refractivity contribution in [3.05, 3.63) is 70.6 Å². The van der Waals surface area contributed by atoms with Gasteiger partial charge in [-0.3, -0.25) is 5.32 Å². The fourth-order valence-corrected chi connectivity index (χ4v) is 3.00. The molecule has 1 aliphatic rings. The largest absolute Gasteiger partial charge is 0.267 e. The van der Waals surface area contributed by atoms with E-state index in [9.17, 15) is 4.91 Å². The van der Waals surface area contributed by atoms with Crippen molar-refractivity contribution in [1.29, 1.82) is 0 Å². The number of benzene rings is 2. The number of hydrogen-bond donors (Lipinski definition) is 1. The van der Waals surface area contributed by atoms with Gasteiger partial charge in [0.1, 0.15) is 0 Å². The van der Waals surface area contributed by atoms with Crippen LogP contribution in [0.3, 0.4) is 0 Å². The van der Waals surface area contributed by atoms with Gasteiger partial charge in [0.25, 0.3) is 5.79 Å². The molecule has 0 spiro atoms. The van der Waals surface area contributed by atoms with Crippen LogP contribution in [-0.4, -0.2) is 11.5 Å². The van der Waals surface area contributed by atoms with Crippen molar-refractivity contribution >= 4 is 11.4 Å². The average molecular weight is 350 g/mol. The third-order valence-corrected chi connectivity index (χ3v) is 4.70. The summed E-state index contributed by atoms with van der Waals surface area (Å²) in [5.41, 5.74) is 3.94. The molecule has 1 heterocycles. The molecule has 1 atom stereocenters. The topological polar surface area (TPSA) is 57.1 Å². The van der Waals surface area contributed by atoms with Gasteiger partial charge in [0.05, 0.1) is 12.1 Å². The van der Waals surface area contributed by atoms with Crippen molar-refractivity contribution in [3.8, 4) is 0 Å². The van der Waals surface area contributed by atoms with E-state index < -0.39 is 5.79 Å². The quantitative estimate of drug-likeness (QED) is 0.787. The highest BCUT2D eigenvalue weighted by Gasteiger charge is 2.47. The Labute approximate surface area is 155 Å². The van der Waals surface area contributed by atoms with Gasteiger partial charge < -0.3 is 0 Å². The Hall–Kier alpha value is -2.53. The normalized spacial score (nSPS) is 20.2. The molecule has 3 rings (SSSR count). The Balaban J connectivity index is 1.95. The van der Waals surface area contributed by atoms with Crippen LogP contribution in [-0.2, 0) is 6.54 Å². The third kappa shape index (κ3) is 3.68. The third-order valence-electron chi connectivity index (χ3n) is 4.70. The molecule has 1 unspecified atom stereocenters. The van der Waals surface area contributed by atoms with Gasteiger partial charge in [-0.25, -0.2) is 5.01 Å². The number of nitroso groups, excluding NO2 is 1. The molecule has 1 N–H and O–H groups in total. The molecule has 0 aromatic heterocycles. The molecule has 0 aliphatic carbocycles. The van der Waals surface area contributed by atoms with Crippen LogP contribution >= 0.6 is 0 Å². The summed E-state index contributed by atoms with van der Waals surface area (Å²) in [4.78, 5) is 12.0. The molecule has 26 heavy (non-hydrogen) atoms. The van der Waals surface area contributed by atoms with Crippen LogP contribution < -0.4 is 10.3 Å². The molecule has 5 nitrogen and oxygen atoms in total. The first kappa shape index (κ1) is 18.3. The lowest BCUT2D eigenvalue weighted by atomic mass is 9.87. The van der Waals surface area contributed by atoms with Crippen molar-refractivity contribution in [2.75, 3.05) is 5.01 Å². The van der Waals surface area contributed by atoms with Crippen LogP contribution in [0, 0.1) is 17.2 Å². The van der Waals surface area contributed by atoms with Crippen LogP contribution in [0.25, 0.3) is 0 Å². The predicted octanol–water partition coefficient (Wildman–Crippen LogP) is 4.82. The number of nitrogens with one attached hydrogen (secondary N) is 1. The Bertz CT molecular complexity index is 793. The average Bonchev–Trinajstić information content (AvgIpc) is 3.02. The second-order valence-corrected chi connectivity index (χ2v) is 7.87. The lowest BCUT2D eigenvalue weighted by molar-refractivity contribution is 0.342. The minimum atomic E-state index is -1.12. The van der Waals surface area contributed by atoms with Crippen LogP contribution in [0.15, 0.2) is 64.9 Å². The van der Waals surface area contributed by atoms with Gasteiger partial charge in [0, 0.05) is 17.7 Å². The summed E-state index contributed by atoms with van der Waals surface area (Å²) in [5.74, 6) is -1.12. The van der Waals surface area contributed by atoms with Gasteiger partial charge in [0.2, 0.25) is 0 Å². The lowest BCUT2D eigenvalue weighted by Crippen LogP contribution is -2.53. The molecule has 0 saturated heterocycles. The maximum atomic E-state index is 12.0. The fourth-order valence-electron chi connectivity index (χ4n) is 3.00. The maximum absolute atomic E-state index is 12.0. The number of anilines is 1. The summed E-state index contributed by atoms with van der Waals surface area (Å²) in [7, 11) is 0. The highest BCUT2D eigenvalue weighted by Crippen LogP contribution is 2.37. The molecule has 2 aromatic rings. The first-order chi connectivity index (χ1) is 12.3. The van der Waals surface area contributed by atoms with E-state index in [1.54, 1.807) is 5.01 Å². The summed E-state index contributed by atoms with van der Waals surface area (Å²) in [6.07, 6.45) is 0.459. The Morgan fingerprint density at radius 3 is 2.35 bits per heavy atom. The Kier molecular flexibility index (Phi) is 4.92. The van der Waals surface area contributed by atoms with Crippen LogP contribution in [0.4, 0.5) is 5.69 Å². The SMILES string of the molecule is Cc1ccc(N2N=C(C(C)(C)C)CC2(N=O)NCc2ccccc2)cc1. The van der Waals surface area contributed by atoms with Crippen LogP contribution in [0.1, 0.15) is 38.3 Å². The van der Waals surface area contributed by atoms with E-state index in [1.807, 2.05) is 61.5 Å². The fraction of sp³-hybridized carbons (Fsp3) is 0.381. The molecule has 0 saturated carbocycles. The van der Waals surface area contributed by atoms with E-state index in [4.69, 9.17) is 5.10 Å². The number of nitrogens with zero attached hydrogens (tertiary/aromatic N) is 3. The van der Waals surface area contributed by atoms with E-state index in [0.29, 0.717) is 13.0 Å². The van der Waals surface area contributed by atoms with Crippen LogP contribution in [0.5, 0.6) is 0 Å². The molecular weight excluding hydrogens is 324 g/mol. The zero-order chi connectivity index (χ0) is 18.8. The smallest absolute Gasteiger partial charge is 0.252 e. The van der Waals surface area contributed by atoms with Crippen molar-refractivity contribution in [2.45, 2.75) is 46.4 Å². The van der Waals surface area contributed by atoms with Crippen molar-refractivity contribution in [3.63, 3.8) is 0 Å². The highest BCUT2D eigenvalue weighted by atomic mass is 16.3. The van der Waals surface area contributed by atoms with E-state index in [-0.39, 0.29) is 5.41 Å². The number of hydrazone groups is 1. The summed E-state index contributed by atoms with van der Waals surface area (Å²) in [6.45, 7) is 8.91. The molecule has 136 valence electrons. The molecule has 0 amide bonds. The summed E-state index contributed by atoms with van der Waals surface area (Å²) in [5, 5.41) is 13.4. The zero-order valence-electron chi connectivity index (χ0n) is 15.9. The first-order valence-electron chi connectivity index (χ1n) is 8.92. The predicted molar refractivity (Wildman–Crippen MR) is 107 cm³/mol. The monoisotopic (exact) mass is 350 g/mol. The van der Waals surface area contributed by atoms with Gasteiger partial charge in [-0.1, -0.05) is 68.8 Å². The summed E-state index contributed by atoms with van der Waals surface area (Å²) >= 11 is 0. The first-order valence-corrected chi connectivity index (χ1v) is 8.92. The van der Waals surface area contributed by atoms with Gasteiger partial charge >= 0.3 is 0 Å². The molecular formula is C21H26N4O. The van der Waals surface area contributed by atoms with Crippen molar-refractivity contribution in [1.82, 2.24) is 5.32 Å². The van der Waals surface area contributed by atoms with Gasteiger partial charge in [-0.2, -0.15) is 5.10 Å². The van der Waals surface area contributed by atoms with Crippen LogP contribution in [0.2, 0.25) is 0 Å². The van der Waals surface area contributed by atoms with Crippen molar-refractivity contribution < 1.29 is 0 Å². The zero-order valence-corrected chi connectivity index (χ0v) is 15.9. The minimum absolute atomic E-state index is 0.135. The second kappa shape index (κ2) is 7.00.